The third-order valence-electron chi connectivity index (χ3n) is 5.22. The van der Waals surface area contributed by atoms with E-state index in [1.807, 2.05) is 0 Å². The lowest BCUT2D eigenvalue weighted by Gasteiger charge is -2.35. The molecule has 2 N–H and O–H groups in total. The molecule has 1 aliphatic rings. The number of carbonyl (C=O) groups excluding carboxylic acids is 1. The van der Waals surface area contributed by atoms with Gasteiger partial charge < -0.3 is 15.4 Å². The third kappa shape index (κ3) is 7.07. The molecule has 3 rings (SSSR count). The number of rotatable bonds is 7. The summed E-state index contributed by atoms with van der Waals surface area (Å²) in [7, 11) is -4.22. The van der Waals surface area contributed by atoms with Gasteiger partial charge in [-0.2, -0.15) is 17.5 Å². The average Bonchev–Trinajstić information content (AvgIpc) is 2.78. The predicted octanol–water partition coefficient (Wildman–Crippen LogP) is 3.41. The molecule has 7 nitrogen and oxygen atoms in total. The number of alkyl halides is 6. The Hall–Kier alpha value is -2.91. The van der Waals surface area contributed by atoms with Crippen molar-refractivity contribution in [2.75, 3.05) is 19.6 Å². The molecular formula is C21H20F7N3O4S. The second-order valence-electron chi connectivity index (χ2n) is 7.79. The SMILES string of the molecule is O=C(C[C@H]1CNCCN1S(=O)(=O)c1ccc(C(F)(F)F)cc1)NCc1ccc(OC(F)(F)F)c(F)c1. The summed E-state index contributed by atoms with van der Waals surface area (Å²) in [6.45, 7) is 0.0516. The topological polar surface area (TPSA) is 87.7 Å². The molecule has 1 atom stereocenters. The van der Waals surface area contributed by atoms with Crippen molar-refractivity contribution >= 4 is 15.9 Å². The summed E-state index contributed by atoms with van der Waals surface area (Å²) in [6, 6.07) is 4.76. The highest BCUT2D eigenvalue weighted by Crippen LogP contribution is 2.31. The van der Waals surface area contributed by atoms with E-state index in [0.29, 0.717) is 12.1 Å². The third-order valence-corrected chi connectivity index (χ3v) is 7.18. The highest BCUT2D eigenvalue weighted by Gasteiger charge is 2.36. The molecule has 15 heteroatoms. The van der Waals surface area contributed by atoms with Crippen LogP contribution in [-0.4, -0.2) is 50.7 Å². The van der Waals surface area contributed by atoms with Crippen LogP contribution in [0.4, 0.5) is 30.7 Å². The second-order valence-corrected chi connectivity index (χ2v) is 9.68. The number of halogens is 7. The lowest BCUT2D eigenvalue weighted by Crippen LogP contribution is -2.54. The van der Waals surface area contributed by atoms with E-state index in [1.165, 1.54) is 0 Å². The molecule has 1 amide bonds. The number of carbonyl (C=O) groups is 1. The summed E-state index contributed by atoms with van der Waals surface area (Å²) in [5.74, 6) is -2.95. The number of benzene rings is 2. The molecule has 1 aliphatic heterocycles. The minimum absolute atomic E-state index is 0.0345. The molecule has 0 saturated carbocycles. The maximum Gasteiger partial charge on any atom is 0.573 e. The maximum absolute atomic E-state index is 13.8. The number of nitrogens with zero attached hydrogens (tertiary/aromatic N) is 1. The van der Waals surface area contributed by atoms with Crippen molar-refractivity contribution < 1.29 is 48.7 Å². The van der Waals surface area contributed by atoms with Gasteiger partial charge >= 0.3 is 12.5 Å². The van der Waals surface area contributed by atoms with E-state index in [1.54, 1.807) is 0 Å². The Morgan fingerprint density at radius 2 is 1.75 bits per heavy atom. The first-order chi connectivity index (χ1) is 16.7. The van der Waals surface area contributed by atoms with Gasteiger partial charge in [-0.25, -0.2) is 12.8 Å². The van der Waals surface area contributed by atoms with Gasteiger partial charge in [-0.15, -0.1) is 13.2 Å². The first kappa shape index (κ1) is 27.7. The van der Waals surface area contributed by atoms with Crippen molar-refractivity contribution in [1.82, 2.24) is 14.9 Å². The van der Waals surface area contributed by atoms with Gasteiger partial charge in [0.05, 0.1) is 10.5 Å². The summed E-state index contributed by atoms with van der Waals surface area (Å²) >= 11 is 0. The number of sulfonamides is 1. The summed E-state index contributed by atoms with van der Waals surface area (Å²) in [4.78, 5) is 12.1. The van der Waals surface area contributed by atoms with Crippen molar-refractivity contribution in [2.24, 2.45) is 0 Å². The Labute approximate surface area is 201 Å². The van der Waals surface area contributed by atoms with Gasteiger partial charge in [-0.3, -0.25) is 4.79 Å². The fourth-order valence-corrected chi connectivity index (χ4v) is 5.16. The number of hydrogen-bond donors (Lipinski definition) is 2. The zero-order valence-electron chi connectivity index (χ0n) is 18.3. The first-order valence-electron chi connectivity index (χ1n) is 10.4. The van der Waals surface area contributed by atoms with E-state index >= 15 is 0 Å². The summed E-state index contributed by atoms with van der Waals surface area (Å²) < 4.78 is 120. The molecule has 0 radical (unpaired) electrons. The van der Waals surface area contributed by atoms with E-state index in [0.717, 1.165) is 34.6 Å². The van der Waals surface area contributed by atoms with Crippen LogP contribution in [0.3, 0.4) is 0 Å². The van der Waals surface area contributed by atoms with Crippen molar-refractivity contribution in [2.45, 2.75) is 36.4 Å². The largest absolute Gasteiger partial charge is 0.573 e. The molecular weight excluding hydrogens is 523 g/mol. The number of piperazine rings is 1. The quantitative estimate of drug-likeness (QED) is 0.523. The lowest BCUT2D eigenvalue weighted by atomic mass is 10.1. The zero-order valence-corrected chi connectivity index (χ0v) is 19.1. The van der Waals surface area contributed by atoms with E-state index in [2.05, 4.69) is 15.4 Å². The predicted molar refractivity (Wildman–Crippen MR) is 112 cm³/mol. The molecule has 2 aromatic rings. The van der Waals surface area contributed by atoms with Gasteiger partial charge in [0.2, 0.25) is 15.9 Å². The monoisotopic (exact) mass is 543 g/mol. The van der Waals surface area contributed by atoms with Gasteiger partial charge in [-0.05, 0) is 42.0 Å². The Bertz CT molecular complexity index is 1190. The Kier molecular flexibility index (Phi) is 8.15. The number of hydrogen-bond acceptors (Lipinski definition) is 5. The van der Waals surface area contributed by atoms with Crippen LogP contribution in [0.2, 0.25) is 0 Å². The Balaban J connectivity index is 1.65. The van der Waals surface area contributed by atoms with Gasteiger partial charge in [0, 0.05) is 38.6 Å². The number of amides is 1. The highest BCUT2D eigenvalue weighted by atomic mass is 32.2. The molecule has 0 unspecified atom stereocenters. The smallest absolute Gasteiger partial charge is 0.403 e. The van der Waals surface area contributed by atoms with Crippen LogP contribution in [0.1, 0.15) is 17.5 Å². The zero-order chi connectivity index (χ0) is 26.7. The highest BCUT2D eigenvalue weighted by molar-refractivity contribution is 7.89. The molecule has 1 fully saturated rings. The summed E-state index contributed by atoms with van der Waals surface area (Å²) in [5.41, 5.74) is -0.876. The molecule has 36 heavy (non-hydrogen) atoms. The van der Waals surface area contributed by atoms with Crippen molar-refractivity contribution in [3.8, 4) is 5.75 Å². The summed E-state index contributed by atoms with van der Waals surface area (Å²) in [6.07, 6.45) is -10.0. The number of nitrogens with one attached hydrogen (secondary N) is 2. The minimum Gasteiger partial charge on any atom is -0.403 e. The van der Waals surface area contributed by atoms with E-state index in [4.69, 9.17) is 0 Å². The molecule has 1 saturated heterocycles. The molecule has 0 aliphatic carbocycles. The molecule has 0 spiro atoms. The average molecular weight is 543 g/mol. The fraction of sp³-hybridized carbons (Fsp3) is 0.381. The van der Waals surface area contributed by atoms with E-state index in [-0.39, 0.29) is 43.1 Å². The first-order valence-corrected chi connectivity index (χ1v) is 11.8. The molecule has 0 bridgehead atoms. The van der Waals surface area contributed by atoms with Crippen molar-refractivity contribution in [1.29, 1.82) is 0 Å². The van der Waals surface area contributed by atoms with Crippen molar-refractivity contribution in [3.63, 3.8) is 0 Å². The fourth-order valence-electron chi connectivity index (χ4n) is 3.53. The Morgan fingerprint density at radius 1 is 1.08 bits per heavy atom. The van der Waals surface area contributed by atoms with Crippen LogP contribution in [0, 0.1) is 5.82 Å². The van der Waals surface area contributed by atoms with Crippen LogP contribution in [0.15, 0.2) is 47.4 Å². The minimum atomic E-state index is -5.07. The van der Waals surface area contributed by atoms with E-state index in [9.17, 15) is 43.9 Å². The van der Waals surface area contributed by atoms with Gasteiger partial charge in [0.15, 0.2) is 11.6 Å². The standard InChI is InChI=1S/C21H20F7N3O4S/c22-17-9-13(1-6-18(17)35-21(26,27)28)11-30-19(32)10-15-12-29-7-8-31(15)36(33,34)16-4-2-14(3-5-16)20(23,24)25/h1-6,9,15,29H,7-8,10-12H2,(H,30,32)/t15-/m0/s1. The number of ether oxygens (including phenoxy) is 1. The van der Waals surface area contributed by atoms with Gasteiger partial charge in [-0.1, -0.05) is 6.07 Å². The molecule has 2 aromatic carbocycles. The van der Waals surface area contributed by atoms with Gasteiger partial charge in [0.25, 0.3) is 0 Å². The maximum atomic E-state index is 13.8. The molecule has 198 valence electrons. The van der Waals surface area contributed by atoms with Crippen LogP contribution in [-0.2, 0) is 27.5 Å². The molecule has 1 heterocycles. The van der Waals surface area contributed by atoms with Crippen molar-refractivity contribution in [3.05, 3.63) is 59.4 Å². The van der Waals surface area contributed by atoms with E-state index < -0.39 is 51.6 Å². The van der Waals surface area contributed by atoms with Crippen LogP contribution < -0.4 is 15.4 Å². The van der Waals surface area contributed by atoms with Gasteiger partial charge in [0.1, 0.15) is 0 Å². The Morgan fingerprint density at radius 3 is 2.33 bits per heavy atom. The lowest BCUT2D eigenvalue weighted by molar-refractivity contribution is -0.275. The normalized spacial score (nSPS) is 17.6. The second kappa shape index (κ2) is 10.6. The van der Waals surface area contributed by atoms with Crippen LogP contribution in [0.25, 0.3) is 0 Å². The van der Waals surface area contributed by atoms with Crippen LogP contribution >= 0.6 is 0 Å². The molecule has 0 aromatic heterocycles. The summed E-state index contributed by atoms with van der Waals surface area (Å²) in [5, 5.41) is 5.37. The van der Waals surface area contributed by atoms with Crippen LogP contribution in [0.5, 0.6) is 5.75 Å².